The Morgan fingerprint density at radius 3 is 2.54 bits per heavy atom. The third-order valence-corrected chi connectivity index (χ3v) is 5.20. The molecule has 0 saturated carbocycles. The number of hydrogen-bond donors (Lipinski definition) is 1. The molecule has 0 fully saturated rings. The second-order valence-corrected chi connectivity index (χ2v) is 7.52. The minimum atomic E-state index is -0.0251. The number of nitrogens with zero attached hydrogens (tertiary/aromatic N) is 3. The number of allylic oxidation sites excluding steroid dienone is 1. The molecule has 0 aliphatic heterocycles. The maximum absolute atomic E-state index is 13.2. The maximum atomic E-state index is 13.2. The van der Waals surface area contributed by atoms with Crippen LogP contribution in [-0.4, -0.2) is 58.6 Å². The smallest absolute Gasteiger partial charge is 0.227 e. The predicted octanol–water partition coefficient (Wildman–Crippen LogP) is 2.82. The van der Waals surface area contributed by atoms with E-state index in [1.54, 1.807) is 6.33 Å². The molecule has 28 heavy (non-hydrogen) atoms. The van der Waals surface area contributed by atoms with Crippen molar-refractivity contribution < 1.29 is 9.59 Å². The number of aromatic nitrogens is 2. The van der Waals surface area contributed by atoms with Gasteiger partial charge < -0.3 is 14.8 Å². The number of aryl methyl sites for hydroxylation is 1. The zero-order valence-corrected chi connectivity index (χ0v) is 16.9. The first-order valence-corrected chi connectivity index (χ1v) is 9.67. The average molecular weight is 380 g/mol. The van der Waals surface area contributed by atoms with Crippen LogP contribution in [0.5, 0.6) is 0 Å². The number of carbonyl (C=O) groups is 2. The Labute approximate surface area is 166 Å². The summed E-state index contributed by atoms with van der Waals surface area (Å²) in [6.07, 6.45) is 3.00. The Bertz CT molecular complexity index is 868. The van der Waals surface area contributed by atoms with E-state index in [1.807, 2.05) is 61.2 Å². The molecule has 0 unspecified atom stereocenters. The Kier molecular flexibility index (Phi) is 6.41. The van der Waals surface area contributed by atoms with E-state index in [1.165, 1.54) is 0 Å². The first kappa shape index (κ1) is 20.0. The third-order valence-electron chi connectivity index (χ3n) is 5.20. The first-order valence-electron chi connectivity index (χ1n) is 9.67. The van der Waals surface area contributed by atoms with Gasteiger partial charge in [-0.3, -0.25) is 9.59 Å². The second kappa shape index (κ2) is 8.97. The van der Waals surface area contributed by atoms with Gasteiger partial charge >= 0.3 is 0 Å². The normalized spacial score (nSPS) is 14.2. The number of H-pyrrole nitrogens is 1. The van der Waals surface area contributed by atoms with Crippen LogP contribution < -0.4 is 0 Å². The lowest BCUT2D eigenvalue weighted by Crippen LogP contribution is -2.37. The second-order valence-electron chi connectivity index (χ2n) is 7.52. The summed E-state index contributed by atoms with van der Waals surface area (Å²) in [5.41, 5.74) is 4.55. The van der Waals surface area contributed by atoms with Gasteiger partial charge in [-0.15, -0.1) is 0 Å². The number of Topliss-reactive ketones (excluding diaryl/α,β-unsaturated/α-hetero) is 1. The highest BCUT2D eigenvalue weighted by Gasteiger charge is 2.28. The van der Waals surface area contributed by atoms with E-state index in [2.05, 4.69) is 9.97 Å². The van der Waals surface area contributed by atoms with Gasteiger partial charge in [-0.2, -0.15) is 0 Å². The van der Waals surface area contributed by atoms with Gasteiger partial charge in [-0.1, -0.05) is 30.3 Å². The molecule has 6 nitrogen and oxygen atoms in total. The molecule has 0 saturated heterocycles. The first-order chi connectivity index (χ1) is 13.5. The van der Waals surface area contributed by atoms with E-state index in [4.69, 9.17) is 0 Å². The lowest BCUT2D eigenvalue weighted by molar-refractivity contribution is -0.132. The lowest BCUT2D eigenvalue weighted by atomic mass is 9.99. The van der Waals surface area contributed by atoms with Crippen molar-refractivity contribution >= 4 is 17.3 Å². The summed E-state index contributed by atoms with van der Waals surface area (Å²) in [5, 5.41) is 0. The molecular weight excluding hydrogens is 352 g/mol. The number of likely N-dealkylation sites (N-methyl/N-ethyl adjacent to an activating group) is 1. The Morgan fingerprint density at radius 1 is 1.14 bits per heavy atom. The number of benzene rings is 1. The summed E-state index contributed by atoms with van der Waals surface area (Å²) in [6.45, 7) is 3.76. The summed E-state index contributed by atoms with van der Waals surface area (Å²) < 4.78 is 0. The molecule has 0 bridgehead atoms. The molecule has 2 aromatic rings. The molecule has 1 aromatic heterocycles. The monoisotopic (exact) mass is 380 g/mol. The topological polar surface area (TPSA) is 69.3 Å². The largest absolute Gasteiger partial charge is 0.348 e. The molecular formula is C22H28N4O2. The summed E-state index contributed by atoms with van der Waals surface area (Å²) in [6, 6.07) is 9.91. The number of imidazole rings is 1. The number of amides is 1. The van der Waals surface area contributed by atoms with E-state index in [0.717, 1.165) is 29.1 Å². The van der Waals surface area contributed by atoms with Crippen molar-refractivity contribution in [3.05, 3.63) is 59.2 Å². The molecule has 6 heteroatoms. The van der Waals surface area contributed by atoms with Crippen molar-refractivity contribution in [2.45, 2.75) is 32.7 Å². The Morgan fingerprint density at radius 2 is 1.89 bits per heavy atom. The van der Waals surface area contributed by atoms with Crippen LogP contribution in [0.15, 0.2) is 42.2 Å². The van der Waals surface area contributed by atoms with Gasteiger partial charge in [0.25, 0.3) is 0 Å². The summed E-state index contributed by atoms with van der Waals surface area (Å²) in [7, 11) is 3.97. The van der Waals surface area contributed by atoms with Crippen LogP contribution >= 0.6 is 0 Å². The highest BCUT2D eigenvalue weighted by atomic mass is 16.2. The number of ketones is 1. The van der Waals surface area contributed by atoms with Gasteiger partial charge in [-0.05, 0) is 38.6 Å². The number of carbonyl (C=O) groups excluding carboxylic acids is 2. The van der Waals surface area contributed by atoms with Crippen molar-refractivity contribution in [2.24, 2.45) is 0 Å². The zero-order chi connectivity index (χ0) is 20.1. The number of nitrogens with one attached hydrogen (secondary N) is 1. The number of hydrogen-bond acceptors (Lipinski definition) is 4. The van der Waals surface area contributed by atoms with Gasteiger partial charge in [0.1, 0.15) is 0 Å². The van der Waals surface area contributed by atoms with Crippen molar-refractivity contribution in [3.63, 3.8) is 0 Å². The van der Waals surface area contributed by atoms with Crippen LogP contribution in [0, 0.1) is 6.92 Å². The minimum absolute atomic E-state index is 0.0251. The quantitative estimate of drug-likeness (QED) is 0.765. The van der Waals surface area contributed by atoms with Crippen LogP contribution in [0.1, 0.15) is 36.2 Å². The molecule has 0 radical (unpaired) electrons. The molecule has 148 valence electrons. The van der Waals surface area contributed by atoms with Gasteiger partial charge in [0.05, 0.1) is 25.0 Å². The fourth-order valence-corrected chi connectivity index (χ4v) is 3.47. The van der Waals surface area contributed by atoms with Gasteiger partial charge in [-0.25, -0.2) is 4.98 Å². The SMILES string of the molecule is Cc1[nH]cnc1CN(CCN(C)C)C(=O)CC1=C(c2ccccc2)CCC1=O. The molecule has 0 atom stereocenters. The van der Waals surface area contributed by atoms with E-state index >= 15 is 0 Å². The van der Waals surface area contributed by atoms with Crippen LogP contribution in [-0.2, 0) is 16.1 Å². The van der Waals surface area contributed by atoms with E-state index in [-0.39, 0.29) is 18.1 Å². The van der Waals surface area contributed by atoms with Crippen molar-refractivity contribution in [1.29, 1.82) is 0 Å². The van der Waals surface area contributed by atoms with Crippen molar-refractivity contribution in [1.82, 2.24) is 19.8 Å². The summed E-state index contributed by atoms with van der Waals surface area (Å²) in [5.74, 6) is 0.0682. The van der Waals surface area contributed by atoms with E-state index in [9.17, 15) is 9.59 Å². The van der Waals surface area contributed by atoms with Crippen LogP contribution in [0.25, 0.3) is 5.57 Å². The van der Waals surface area contributed by atoms with Crippen LogP contribution in [0.4, 0.5) is 0 Å². The van der Waals surface area contributed by atoms with Crippen LogP contribution in [0.2, 0.25) is 0 Å². The number of aromatic amines is 1. The fraction of sp³-hybridized carbons (Fsp3) is 0.409. The Hall–Kier alpha value is -2.73. The van der Waals surface area contributed by atoms with Crippen molar-refractivity contribution in [3.8, 4) is 0 Å². The molecule has 1 N–H and O–H groups in total. The van der Waals surface area contributed by atoms with E-state index < -0.39 is 0 Å². The standard InChI is InChI=1S/C22H28N4O2/c1-16-20(24-15-23-16)14-26(12-11-25(2)3)22(28)13-19-18(9-10-21(19)27)17-7-5-4-6-8-17/h4-8,15H,9-14H2,1-3H3,(H,23,24). The highest BCUT2D eigenvalue weighted by Crippen LogP contribution is 2.33. The molecule has 1 aromatic carbocycles. The molecule has 0 spiro atoms. The summed E-state index contributed by atoms with van der Waals surface area (Å²) >= 11 is 0. The molecule has 1 aliphatic carbocycles. The number of rotatable bonds is 8. The van der Waals surface area contributed by atoms with Gasteiger partial charge in [0.15, 0.2) is 5.78 Å². The third kappa shape index (κ3) is 4.75. The molecule has 1 heterocycles. The summed E-state index contributed by atoms with van der Waals surface area (Å²) in [4.78, 5) is 36.9. The van der Waals surface area contributed by atoms with Gasteiger partial charge in [0, 0.05) is 30.8 Å². The van der Waals surface area contributed by atoms with E-state index in [0.29, 0.717) is 31.5 Å². The average Bonchev–Trinajstić information content (AvgIpc) is 3.25. The van der Waals surface area contributed by atoms with Crippen LogP contribution in [0.3, 0.4) is 0 Å². The maximum Gasteiger partial charge on any atom is 0.227 e. The van der Waals surface area contributed by atoms with Crippen molar-refractivity contribution in [2.75, 3.05) is 27.2 Å². The predicted molar refractivity (Wildman–Crippen MR) is 110 cm³/mol. The van der Waals surface area contributed by atoms with Gasteiger partial charge in [0.2, 0.25) is 5.91 Å². The Balaban J connectivity index is 1.81. The molecule has 3 rings (SSSR count). The molecule has 1 amide bonds. The lowest BCUT2D eigenvalue weighted by Gasteiger charge is -2.24. The zero-order valence-electron chi connectivity index (χ0n) is 16.9. The minimum Gasteiger partial charge on any atom is -0.348 e. The molecule has 1 aliphatic rings. The highest BCUT2D eigenvalue weighted by molar-refractivity contribution is 6.10. The fourth-order valence-electron chi connectivity index (χ4n) is 3.47.